The molecule has 1 aliphatic heterocycles. The molecule has 0 unspecified atom stereocenters. The van der Waals surface area contributed by atoms with Gasteiger partial charge in [0.25, 0.3) is 10.0 Å². The van der Waals surface area contributed by atoms with Crippen LogP contribution in [0.25, 0.3) is 0 Å². The standard InChI is InChI=1S/C15H15BrN2O2S/c16-11-6-8-12(9-7-11)21(19,20)18-10-2-3-13-14(17)4-1-5-15(13)18/h1,4-9H,2-3,10,17H2. The van der Waals surface area contributed by atoms with Crippen LogP contribution in [0, 0.1) is 0 Å². The summed E-state index contributed by atoms with van der Waals surface area (Å²) in [5.74, 6) is 0. The SMILES string of the molecule is Nc1cccc2c1CCCN2S(=O)(=O)c1ccc(Br)cc1. The summed E-state index contributed by atoms with van der Waals surface area (Å²) in [7, 11) is -3.55. The van der Waals surface area contributed by atoms with Crippen LogP contribution in [0.4, 0.5) is 11.4 Å². The predicted molar refractivity (Wildman–Crippen MR) is 87.8 cm³/mol. The fourth-order valence-electron chi connectivity index (χ4n) is 2.60. The molecule has 0 saturated heterocycles. The van der Waals surface area contributed by atoms with Gasteiger partial charge in [-0.3, -0.25) is 4.31 Å². The van der Waals surface area contributed by atoms with E-state index in [-0.39, 0.29) is 0 Å². The topological polar surface area (TPSA) is 63.4 Å². The number of benzene rings is 2. The Bertz CT molecular complexity index is 773. The highest BCUT2D eigenvalue weighted by Crippen LogP contribution is 2.35. The normalized spacial score (nSPS) is 14.8. The van der Waals surface area contributed by atoms with Gasteiger partial charge in [0.2, 0.25) is 0 Å². The predicted octanol–water partition coefficient (Wildman–Crippen LogP) is 3.17. The van der Waals surface area contributed by atoms with Crippen molar-refractivity contribution in [3.63, 3.8) is 0 Å². The van der Waals surface area contributed by atoms with Crippen molar-refractivity contribution in [2.24, 2.45) is 0 Å². The second-order valence-corrected chi connectivity index (χ2v) is 7.76. The molecule has 0 atom stereocenters. The van der Waals surface area contributed by atoms with Gasteiger partial charge in [-0.15, -0.1) is 0 Å². The number of fused-ring (bicyclic) bond motifs is 1. The van der Waals surface area contributed by atoms with E-state index in [0.717, 1.165) is 22.9 Å². The van der Waals surface area contributed by atoms with E-state index in [1.807, 2.05) is 12.1 Å². The van der Waals surface area contributed by atoms with Crippen LogP contribution in [0.2, 0.25) is 0 Å². The third kappa shape index (κ3) is 2.53. The van der Waals surface area contributed by atoms with Crippen LogP contribution in [-0.4, -0.2) is 15.0 Å². The Labute approximate surface area is 132 Å². The lowest BCUT2D eigenvalue weighted by Gasteiger charge is -2.31. The molecule has 1 aliphatic rings. The zero-order valence-electron chi connectivity index (χ0n) is 11.3. The Balaban J connectivity index is 2.10. The van der Waals surface area contributed by atoms with Gasteiger partial charge in [-0.25, -0.2) is 8.42 Å². The minimum absolute atomic E-state index is 0.293. The minimum atomic E-state index is -3.55. The first-order valence-corrected chi connectivity index (χ1v) is 8.89. The minimum Gasteiger partial charge on any atom is -0.398 e. The van der Waals surface area contributed by atoms with E-state index in [1.54, 1.807) is 30.3 Å². The van der Waals surface area contributed by atoms with Crippen molar-refractivity contribution in [3.05, 3.63) is 52.5 Å². The Hall–Kier alpha value is -1.53. The molecule has 21 heavy (non-hydrogen) atoms. The third-order valence-corrected chi connectivity index (χ3v) is 6.00. The number of nitrogen functional groups attached to an aromatic ring is 1. The molecule has 0 fully saturated rings. The van der Waals surface area contributed by atoms with Crippen LogP contribution in [0.15, 0.2) is 51.8 Å². The molecule has 0 saturated carbocycles. The van der Waals surface area contributed by atoms with E-state index in [2.05, 4.69) is 15.9 Å². The van der Waals surface area contributed by atoms with Gasteiger partial charge in [0.05, 0.1) is 10.6 Å². The second kappa shape index (κ2) is 5.35. The number of anilines is 2. The van der Waals surface area contributed by atoms with E-state index in [1.165, 1.54) is 4.31 Å². The molecule has 0 bridgehead atoms. The molecule has 0 spiro atoms. The van der Waals surface area contributed by atoms with Crippen molar-refractivity contribution in [1.29, 1.82) is 0 Å². The number of hydrogen-bond acceptors (Lipinski definition) is 3. The fourth-order valence-corrected chi connectivity index (χ4v) is 4.40. The van der Waals surface area contributed by atoms with Crippen LogP contribution >= 0.6 is 15.9 Å². The molecule has 0 radical (unpaired) electrons. The lowest BCUT2D eigenvalue weighted by Crippen LogP contribution is -2.35. The van der Waals surface area contributed by atoms with Gasteiger partial charge in [-0.1, -0.05) is 22.0 Å². The first-order valence-electron chi connectivity index (χ1n) is 6.66. The van der Waals surface area contributed by atoms with Gasteiger partial charge in [0, 0.05) is 16.7 Å². The quantitative estimate of drug-likeness (QED) is 0.830. The maximum Gasteiger partial charge on any atom is 0.264 e. The third-order valence-electron chi connectivity index (χ3n) is 3.65. The highest BCUT2D eigenvalue weighted by Gasteiger charge is 2.29. The summed E-state index contributed by atoms with van der Waals surface area (Å²) in [6.07, 6.45) is 1.59. The van der Waals surface area contributed by atoms with Gasteiger partial charge in [-0.05, 0) is 54.8 Å². The van der Waals surface area contributed by atoms with Crippen LogP contribution < -0.4 is 10.0 Å². The van der Waals surface area contributed by atoms with E-state index in [9.17, 15) is 8.42 Å². The summed E-state index contributed by atoms with van der Waals surface area (Å²) < 4.78 is 28.0. The van der Waals surface area contributed by atoms with E-state index >= 15 is 0 Å². The van der Waals surface area contributed by atoms with Gasteiger partial charge in [0.1, 0.15) is 0 Å². The first kappa shape index (κ1) is 14.4. The molecule has 4 nitrogen and oxygen atoms in total. The average Bonchev–Trinajstić information content (AvgIpc) is 2.47. The summed E-state index contributed by atoms with van der Waals surface area (Å²) in [4.78, 5) is 0.293. The molecule has 1 heterocycles. The molecule has 0 aromatic heterocycles. The molecule has 3 rings (SSSR count). The van der Waals surface area contributed by atoms with Crippen molar-refractivity contribution in [3.8, 4) is 0 Å². The Morgan fingerprint density at radius 1 is 1.10 bits per heavy atom. The fraction of sp³-hybridized carbons (Fsp3) is 0.200. The van der Waals surface area contributed by atoms with Crippen LogP contribution in [0.5, 0.6) is 0 Å². The zero-order valence-corrected chi connectivity index (χ0v) is 13.7. The van der Waals surface area contributed by atoms with Crippen molar-refractivity contribution in [2.45, 2.75) is 17.7 Å². The van der Waals surface area contributed by atoms with E-state index in [4.69, 9.17) is 5.73 Å². The molecule has 110 valence electrons. The lowest BCUT2D eigenvalue weighted by molar-refractivity contribution is 0.586. The number of rotatable bonds is 2. The number of sulfonamides is 1. The molecule has 2 aromatic rings. The van der Waals surface area contributed by atoms with Gasteiger partial charge in [0.15, 0.2) is 0 Å². The van der Waals surface area contributed by atoms with Gasteiger partial charge < -0.3 is 5.73 Å². The highest BCUT2D eigenvalue weighted by atomic mass is 79.9. The first-order chi connectivity index (χ1) is 10.00. The number of halogens is 1. The summed E-state index contributed by atoms with van der Waals surface area (Å²) in [6.45, 7) is 0.481. The molecule has 0 aliphatic carbocycles. The lowest BCUT2D eigenvalue weighted by atomic mass is 10.0. The maximum atomic E-state index is 12.8. The van der Waals surface area contributed by atoms with Crippen molar-refractivity contribution < 1.29 is 8.42 Å². The highest BCUT2D eigenvalue weighted by molar-refractivity contribution is 9.10. The summed E-state index contributed by atoms with van der Waals surface area (Å²) >= 11 is 3.32. The molecule has 6 heteroatoms. The molecule has 2 N–H and O–H groups in total. The van der Waals surface area contributed by atoms with Crippen molar-refractivity contribution in [2.75, 3.05) is 16.6 Å². The summed E-state index contributed by atoms with van der Waals surface area (Å²) in [6, 6.07) is 12.1. The molecule has 0 amide bonds. The smallest absolute Gasteiger partial charge is 0.264 e. The largest absolute Gasteiger partial charge is 0.398 e. The molecule has 2 aromatic carbocycles. The average molecular weight is 367 g/mol. The van der Waals surface area contributed by atoms with Crippen LogP contribution in [-0.2, 0) is 16.4 Å². The Morgan fingerprint density at radius 3 is 2.52 bits per heavy atom. The Kier molecular flexibility index (Phi) is 3.67. The number of nitrogens with zero attached hydrogens (tertiary/aromatic N) is 1. The van der Waals surface area contributed by atoms with E-state index in [0.29, 0.717) is 22.8 Å². The summed E-state index contributed by atoms with van der Waals surface area (Å²) in [5, 5.41) is 0. The number of nitrogens with two attached hydrogens (primary N) is 1. The molecular weight excluding hydrogens is 352 g/mol. The van der Waals surface area contributed by atoms with Crippen molar-refractivity contribution in [1.82, 2.24) is 0 Å². The summed E-state index contributed by atoms with van der Waals surface area (Å²) in [5.41, 5.74) is 8.25. The zero-order chi connectivity index (χ0) is 15.0. The molecular formula is C15H15BrN2O2S. The van der Waals surface area contributed by atoms with Crippen LogP contribution in [0.3, 0.4) is 0 Å². The van der Waals surface area contributed by atoms with Gasteiger partial charge >= 0.3 is 0 Å². The second-order valence-electron chi connectivity index (χ2n) is 4.98. The van der Waals surface area contributed by atoms with E-state index < -0.39 is 10.0 Å². The van der Waals surface area contributed by atoms with Gasteiger partial charge in [-0.2, -0.15) is 0 Å². The van der Waals surface area contributed by atoms with Crippen LogP contribution in [0.1, 0.15) is 12.0 Å². The monoisotopic (exact) mass is 366 g/mol. The maximum absolute atomic E-state index is 12.8. The van der Waals surface area contributed by atoms with Crippen molar-refractivity contribution >= 4 is 37.3 Å². The number of hydrogen-bond donors (Lipinski definition) is 1. The Morgan fingerprint density at radius 2 is 1.81 bits per heavy atom.